The third kappa shape index (κ3) is 3.74. The van der Waals surface area contributed by atoms with E-state index in [9.17, 15) is 13.6 Å². The number of benzene rings is 1. The molecule has 0 spiro atoms. The number of carbonyl (C=O) groups excluding carboxylic acids is 1. The Morgan fingerprint density at radius 3 is 2.65 bits per heavy atom. The van der Waals surface area contributed by atoms with Gasteiger partial charge in [-0.1, -0.05) is 0 Å². The van der Waals surface area contributed by atoms with Gasteiger partial charge in [0.25, 0.3) is 6.47 Å². The topological polar surface area (TPSA) is 74.5 Å². The zero-order valence-corrected chi connectivity index (χ0v) is 10.2. The number of halogens is 2. The van der Waals surface area contributed by atoms with Crippen molar-refractivity contribution in [2.45, 2.75) is 13.0 Å². The average Bonchev–Trinajstić information content (AvgIpc) is 2.88. The van der Waals surface area contributed by atoms with Crippen LogP contribution in [0.3, 0.4) is 0 Å². The van der Waals surface area contributed by atoms with Gasteiger partial charge >= 0.3 is 6.61 Å². The van der Waals surface area contributed by atoms with Crippen molar-refractivity contribution in [1.82, 2.24) is 10.2 Å². The van der Waals surface area contributed by atoms with Crippen molar-refractivity contribution < 1.29 is 27.5 Å². The summed E-state index contributed by atoms with van der Waals surface area (Å²) in [5.41, 5.74) is 0.571. The van der Waals surface area contributed by atoms with Crippen LogP contribution in [0.2, 0.25) is 0 Å². The van der Waals surface area contributed by atoms with Crippen LogP contribution < -0.4 is 4.74 Å². The summed E-state index contributed by atoms with van der Waals surface area (Å²) in [6.07, 6.45) is 0.304. The van der Waals surface area contributed by atoms with Crippen LogP contribution in [-0.4, -0.2) is 29.9 Å². The highest BCUT2D eigenvalue weighted by atomic mass is 19.3. The monoisotopic (exact) mass is 284 g/mol. The van der Waals surface area contributed by atoms with Crippen molar-refractivity contribution >= 4 is 6.47 Å². The van der Waals surface area contributed by atoms with E-state index in [4.69, 9.17) is 4.42 Å². The maximum absolute atomic E-state index is 12.0. The van der Waals surface area contributed by atoms with Crippen LogP contribution in [0.15, 0.2) is 28.7 Å². The molecule has 0 aliphatic carbocycles. The molecule has 0 atom stereocenters. The Hall–Kier alpha value is -2.51. The van der Waals surface area contributed by atoms with Gasteiger partial charge < -0.3 is 13.9 Å². The van der Waals surface area contributed by atoms with E-state index in [1.54, 1.807) is 0 Å². The number of hydrogen-bond donors (Lipinski definition) is 0. The molecule has 1 heterocycles. The molecule has 8 heteroatoms. The van der Waals surface area contributed by atoms with Crippen LogP contribution in [-0.2, 0) is 16.0 Å². The van der Waals surface area contributed by atoms with Gasteiger partial charge in [-0.2, -0.15) is 8.78 Å². The van der Waals surface area contributed by atoms with E-state index in [1.165, 1.54) is 24.3 Å². The van der Waals surface area contributed by atoms with Crippen molar-refractivity contribution in [3.05, 3.63) is 30.2 Å². The lowest BCUT2D eigenvalue weighted by Gasteiger charge is -2.03. The minimum absolute atomic E-state index is 0.0443. The number of alkyl halides is 2. The minimum Gasteiger partial charge on any atom is -0.467 e. The summed E-state index contributed by atoms with van der Waals surface area (Å²) in [7, 11) is 0. The minimum atomic E-state index is -2.87. The van der Waals surface area contributed by atoms with Gasteiger partial charge in [-0.3, -0.25) is 4.79 Å². The van der Waals surface area contributed by atoms with Gasteiger partial charge in [0.05, 0.1) is 13.0 Å². The van der Waals surface area contributed by atoms with E-state index >= 15 is 0 Å². The summed E-state index contributed by atoms with van der Waals surface area (Å²) in [5, 5.41) is 7.58. The lowest BCUT2D eigenvalue weighted by molar-refractivity contribution is -0.128. The van der Waals surface area contributed by atoms with E-state index in [1.807, 2.05) is 0 Å². The van der Waals surface area contributed by atoms with E-state index in [-0.39, 0.29) is 18.2 Å². The second-order valence-electron chi connectivity index (χ2n) is 3.62. The second-order valence-corrected chi connectivity index (χ2v) is 3.62. The summed E-state index contributed by atoms with van der Waals surface area (Å²) < 4.78 is 38.1. The largest absolute Gasteiger partial charge is 0.467 e. The zero-order chi connectivity index (χ0) is 14.4. The predicted molar refractivity (Wildman–Crippen MR) is 62.1 cm³/mol. The summed E-state index contributed by atoms with van der Waals surface area (Å²) in [4.78, 5) is 9.98. The number of ether oxygens (including phenoxy) is 2. The van der Waals surface area contributed by atoms with E-state index in [2.05, 4.69) is 19.7 Å². The maximum atomic E-state index is 12.0. The highest BCUT2D eigenvalue weighted by Crippen LogP contribution is 2.22. The molecule has 0 saturated carbocycles. The van der Waals surface area contributed by atoms with Gasteiger partial charge in [0.15, 0.2) is 0 Å². The highest BCUT2D eigenvalue weighted by molar-refractivity contribution is 5.53. The van der Waals surface area contributed by atoms with Crippen molar-refractivity contribution in [1.29, 1.82) is 0 Å². The lowest BCUT2D eigenvalue weighted by atomic mass is 10.2. The first-order chi connectivity index (χ1) is 9.69. The van der Waals surface area contributed by atoms with Crippen LogP contribution in [0.1, 0.15) is 5.89 Å². The average molecular weight is 284 g/mol. The summed E-state index contributed by atoms with van der Waals surface area (Å²) in [6.45, 7) is -2.39. The molecule has 0 radical (unpaired) electrons. The molecule has 20 heavy (non-hydrogen) atoms. The van der Waals surface area contributed by atoms with E-state index < -0.39 is 6.61 Å². The fraction of sp³-hybridized carbons (Fsp3) is 0.250. The Morgan fingerprint density at radius 2 is 2.00 bits per heavy atom. The van der Waals surface area contributed by atoms with Crippen LogP contribution in [0.4, 0.5) is 8.78 Å². The van der Waals surface area contributed by atoms with Crippen molar-refractivity contribution in [2.24, 2.45) is 0 Å². The quantitative estimate of drug-likeness (QED) is 0.572. The first-order valence-electron chi connectivity index (χ1n) is 5.62. The molecule has 2 rings (SSSR count). The van der Waals surface area contributed by atoms with E-state index in [0.717, 1.165) is 0 Å². The number of rotatable bonds is 7. The summed E-state index contributed by atoms with van der Waals surface area (Å²) >= 11 is 0. The Labute approximate surface area is 112 Å². The molecule has 0 unspecified atom stereocenters. The van der Waals surface area contributed by atoms with Gasteiger partial charge in [0.1, 0.15) is 5.75 Å². The number of hydrogen-bond acceptors (Lipinski definition) is 6. The molecule has 0 bridgehead atoms. The van der Waals surface area contributed by atoms with Crippen molar-refractivity contribution in [3.8, 4) is 17.2 Å². The molecule has 0 N–H and O–H groups in total. The van der Waals surface area contributed by atoms with Crippen LogP contribution in [0, 0.1) is 0 Å². The van der Waals surface area contributed by atoms with Crippen LogP contribution >= 0.6 is 0 Å². The molecule has 1 aromatic carbocycles. The Kier molecular flexibility index (Phi) is 4.59. The SMILES string of the molecule is O=COCCc1nnc(-c2ccc(OC(F)F)cc2)o1. The summed E-state index contributed by atoms with van der Waals surface area (Å²) in [6, 6.07) is 5.80. The van der Waals surface area contributed by atoms with Crippen LogP contribution in [0.25, 0.3) is 11.5 Å². The molecule has 2 aromatic rings. The third-order valence-corrected chi connectivity index (χ3v) is 2.30. The molecule has 0 fully saturated rings. The highest BCUT2D eigenvalue weighted by Gasteiger charge is 2.10. The van der Waals surface area contributed by atoms with E-state index in [0.29, 0.717) is 24.3 Å². The third-order valence-electron chi connectivity index (χ3n) is 2.30. The van der Waals surface area contributed by atoms with Gasteiger partial charge in [-0.05, 0) is 24.3 Å². The molecule has 0 amide bonds. The number of nitrogens with zero attached hydrogens (tertiary/aromatic N) is 2. The molecule has 0 saturated heterocycles. The Balaban J connectivity index is 2.02. The Morgan fingerprint density at radius 1 is 1.25 bits per heavy atom. The normalized spacial score (nSPS) is 10.6. The first-order valence-corrected chi connectivity index (χ1v) is 5.62. The molecule has 6 nitrogen and oxygen atoms in total. The predicted octanol–water partition coefficient (Wildman–Crippen LogP) is 2.05. The van der Waals surface area contributed by atoms with Crippen LogP contribution in [0.5, 0.6) is 5.75 Å². The van der Waals surface area contributed by atoms with Crippen molar-refractivity contribution in [2.75, 3.05) is 6.61 Å². The first kappa shape index (κ1) is 13.9. The van der Waals surface area contributed by atoms with Gasteiger partial charge in [0.2, 0.25) is 11.8 Å². The molecular formula is C12H10F2N2O4. The zero-order valence-electron chi connectivity index (χ0n) is 10.2. The molecule has 106 valence electrons. The maximum Gasteiger partial charge on any atom is 0.387 e. The summed E-state index contributed by atoms with van der Waals surface area (Å²) in [5.74, 6) is 0.604. The van der Waals surface area contributed by atoms with Gasteiger partial charge in [-0.25, -0.2) is 0 Å². The smallest absolute Gasteiger partial charge is 0.387 e. The second kappa shape index (κ2) is 6.60. The molecule has 1 aromatic heterocycles. The lowest BCUT2D eigenvalue weighted by Crippen LogP contribution is -2.01. The molecule has 0 aliphatic rings. The molecular weight excluding hydrogens is 274 g/mol. The standard InChI is InChI=1S/C12H10F2N2O4/c13-12(14)19-9-3-1-8(2-4-9)11-16-15-10(20-11)5-6-18-7-17/h1-4,7,12H,5-6H2. The van der Waals surface area contributed by atoms with Gasteiger partial charge in [0, 0.05) is 5.56 Å². The number of carbonyl (C=O) groups is 1. The van der Waals surface area contributed by atoms with Crippen molar-refractivity contribution in [3.63, 3.8) is 0 Å². The molecule has 0 aliphatic heterocycles. The number of aromatic nitrogens is 2. The fourth-order valence-electron chi connectivity index (χ4n) is 1.44. The Bertz CT molecular complexity index is 557. The van der Waals surface area contributed by atoms with Gasteiger partial charge in [-0.15, -0.1) is 10.2 Å². The fourth-order valence-corrected chi connectivity index (χ4v) is 1.44.